The molecule has 1 rings (SSSR count). The molecule has 0 spiro atoms. The quantitative estimate of drug-likeness (QED) is 0.0815. The summed E-state index contributed by atoms with van der Waals surface area (Å²) in [4.78, 5) is 0. The molecule has 3 nitrogen and oxygen atoms in total. The van der Waals surface area contributed by atoms with Crippen molar-refractivity contribution in [2.45, 2.75) is 155 Å². The summed E-state index contributed by atoms with van der Waals surface area (Å²) in [5.41, 5.74) is 4.42. The molecule has 0 N–H and O–H groups in total. The molecule has 1 aromatic carbocycles. The van der Waals surface area contributed by atoms with E-state index < -0.39 is 16.6 Å². The van der Waals surface area contributed by atoms with Crippen LogP contribution < -0.4 is 0 Å². The second-order valence-corrected chi connectivity index (χ2v) is 26.0. The van der Waals surface area contributed by atoms with E-state index >= 15 is 0 Å². The van der Waals surface area contributed by atoms with Crippen LogP contribution in [-0.2, 0) is 20.2 Å². The van der Waals surface area contributed by atoms with Crippen molar-refractivity contribution < 1.29 is 13.6 Å². The molecule has 40 heavy (non-hydrogen) atoms. The van der Waals surface area contributed by atoms with Gasteiger partial charge in [-0.05, 0) is 51.1 Å². The lowest BCUT2D eigenvalue weighted by Crippen LogP contribution is -2.58. The van der Waals surface area contributed by atoms with Gasteiger partial charge in [0.25, 0.3) is 0 Å². The Kier molecular flexibility index (Phi) is 16.8. The average Bonchev–Trinajstić information content (AvgIpc) is 2.86. The molecule has 0 saturated heterocycles. The molecule has 0 radical (unpaired) electrons. The third-order valence-corrected chi connectivity index (χ3v) is 23.2. The van der Waals surface area contributed by atoms with Crippen LogP contribution in [0.2, 0.25) is 33.2 Å². The smallest absolute Gasteiger partial charge is 0.200 e. The van der Waals surface area contributed by atoms with E-state index in [1.807, 2.05) is 0 Å². The van der Waals surface area contributed by atoms with Crippen LogP contribution in [-0.4, -0.2) is 39.9 Å². The zero-order valence-corrected chi connectivity index (χ0v) is 32.7. The molecule has 0 aromatic heterocycles. The first-order valence-electron chi connectivity index (χ1n) is 16.1. The Morgan fingerprint density at radius 1 is 0.625 bits per heavy atom. The molecule has 0 fully saturated rings. The summed E-state index contributed by atoms with van der Waals surface area (Å²) in [6, 6.07) is 10.5. The fourth-order valence-corrected chi connectivity index (χ4v) is 19.2. The average molecular weight is 705 g/mol. The van der Waals surface area contributed by atoms with Gasteiger partial charge in [0.2, 0.25) is 16.6 Å². The predicted molar refractivity (Wildman–Crippen MR) is 190 cm³/mol. The fourth-order valence-electron chi connectivity index (χ4n) is 7.61. The number of rotatable bonds is 19. The maximum atomic E-state index is 7.73. The minimum absolute atomic E-state index is 0.0168. The Morgan fingerprint density at radius 3 is 1.45 bits per heavy atom. The molecule has 234 valence electrons. The van der Waals surface area contributed by atoms with E-state index in [9.17, 15) is 0 Å². The van der Waals surface area contributed by atoms with E-state index in [0.717, 1.165) is 10.8 Å². The monoisotopic (exact) mass is 704 g/mol. The van der Waals surface area contributed by atoms with E-state index in [4.69, 9.17) is 13.6 Å². The third kappa shape index (κ3) is 9.63. The molecule has 0 saturated carbocycles. The van der Waals surface area contributed by atoms with Gasteiger partial charge in [0.05, 0.1) is 25.4 Å². The van der Waals surface area contributed by atoms with Gasteiger partial charge in [-0.1, -0.05) is 150 Å². The normalized spacial score (nSPS) is 16.5. The van der Waals surface area contributed by atoms with E-state index in [1.165, 1.54) is 5.56 Å². The van der Waals surface area contributed by atoms with Gasteiger partial charge >= 0.3 is 0 Å². The summed E-state index contributed by atoms with van der Waals surface area (Å²) in [6.07, 6.45) is 1.13. The lowest BCUT2D eigenvalue weighted by atomic mass is 9.94. The number of halogens is 1. The molecule has 0 aliphatic heterocycles. The topological polar surface area (TPSA) is 27.7 Å². The van der Waals surface area contributed by atoms with E-state index in [0.29, 0.717) is 52.4 Å². The Bertz CT molecular complexity index is 769. The van der Waals surface area contributed by atoms with Crippen LogP contribution in [0.1, 0.15) is 109 Å². The van der Waals surface area contributed by atoms with Gasteiger partial charge in [0.15, 0.2) is 0 Å². The molecule has 0 amide bonds. The van der Waals surface area contributed by atoms with Crippen LogP contribution in [0, 0.1) is 11.8 Å². The largest absolute Gasteiger partial charge is 0.411 e. The highest BCUT2D eigenvalue weighted by molar-refractivity contribution is 14.1. The Labute approximate surface area is 265 Å². The SMILES string of the molecule is CC(C)[Si](O[C@H]([C@H](C[C@H](C)CI)O[Si](C(C)C)(C(C)C)C(C)C)[C@@H](C)COCc1ccccc1)(C(C)C)C(C)C. The molecule has 0 aliphatic rings. The molecule has 4 atom stereocenters. The fraction of sp³-hybridized carbons (Fsp3) is 0.824. The van der Waals surface area contributed by atoms with Crippen molar-refractivity contribution in [2.75, 3.05) is 11.0 Å². The van der Waals surface area contributed by atoms with Crippen LogP contribution in [0.4, 0.5) is 0 Å². The van der Waals surface area contributed by atoms with Gasteiger partial charge < -0.3 is 13.6 Å². The minimum atomic E-state index is -2.16. The van der Waals surface area contributed by atoms with Gasteiger partial charge in [0.1, 0.15) is 0 Å². The zero-order chi connectivity index (χ0) is 30.8. The van der Waals surface area contributed by atoms with Crippen LogP contribution in [0.3, 0.4) is 0 Å². The number of benzene rings is 1. The summed E-state index contributed by atoms with van der Waals surface area (Å²) >= 11 is 2.55. The first-order valence-corrected chi connectivity index (χ1v) is 21.9. The molecule has 0 unspecified atom stereocenters. The van der Waals surface area contributed by atoms with Crippen LogP contribution >= 0.6 is 22.6 Å². The second-order valence-electron chi connectivity index (χ2n) is 14.3. The Morgan fingerprint density at radius 2 is 1.05 bits per heavy atom. The van der Waals surface area contributed by atoms with Crippen molar-refractivity contribution in [2.24, 2.45) is 11.8 Å². The highest BCUT2D eigenvalue weighted by Crippen LogP contribution is 2.47. The van der Waals surface area contributed by atoms with E-state index in [2.05, 4.69) is 150 Å². The molecular weight excluding hydrogens is 639 g/mol. The molecule has 6 heteroatoms. The molecule has 0 aliphatic carbocycles. The van der Waals surface area contributed by atoms with Crippen molar-refractivity contribution >= 4 is 39.2 Å². The van der Waals surface area contributed by atoms with Crippen molar-refractivity contribution in [1.29, 1.82) is 0 Å². The lowest BCUT2D eigenvalue weighted by molar-refractivity contribution is -0.0380. The summed E-state index contributed by atoms with van der Waals surface area (Å²) in [7, 11) is -4.29. The summed E-state index contributed by atoms with van der Waals surface area (Å²) in [6.45, 7) is 34.9. The predicted octanol–water partition coefficient (Wildman–Crippen LogP) is 11.4. The van der Waals surface area contributed by atoms with Crippen molar-refractivity contribution in [1.82, 2.24) is 0 Å². The van der Waals surface area contributed by atoms with Gasteiger partial charge in [-0.25, -0.2) is 0 Å². The van der Waals surface area contributed by atoms with Crippen molar-refractivity contribution in [3.63, 3.8) is 0 Å². The standard InChI is InChI=1S/C34H65IO3Si2/c1-24(2)39(25(3)4,26(5)6)37-33(20-30(13)21-35)34(38-40(27(7)8,28(9)10)29(11)12)31(14)22-36-23-32-18-16-15-17-19-32/h15-19,24-31,33-34H,20-23H2,1-14H3/t30-,31-,33-,34-/m0/s1. The van der Waals surface area contributed by atoms with Crippen molar-refractivity contribution in [3.05, 3.63) is 35.9 Å². The second kappa shape index (κ2) is 17.5. The van der Waals surface area contributed by atoms with Crippen molar-refractivity contribution in [3.8, 4) is 0 Å². The first kappa shape index (κ1) is 38.3. The number of hydrogen-bond donors (Lipinski definition) is 0. The molecule has 0 heterocycles. The van der Waals surface area contributed by atoms with Gasteiger partial charge in [0, 0.05) is 10.3 Å². The van der Waals surface area contributed by atoms with Crippen LogP contribution in [0.5, 0.6) is 0 Å². The zero-order valence-electron chi connectivity index (χ0n) is 28.6. The number of ether oxygens (including phenoxy) is 1. The van der Waals surface area contributed by atoms with Crippen LogP contribution in [0.15, 0.2) is 30.3 Å². The van der Waals surface area contributed by atoms with E-state index in [-0.39, 0.29) is 18.1 Å². The minimum Gasteiger partial charge on any atom is -0.411 e. The summed E-state index contributed by atoms with van der Waals surface area (Å²) < 4.78 is 23.0. The molecule has 0 bridgehead atoms. The summed E-state index contributed by atoms with van der Waals surface area (Å²) in [5, 5.41) is 0. The lowest BCUT2D eigenvalue weighted by Gasteiger charge is -2.51. The first-order chi connectivity index (χ1) is 18.6. The van der Waals surface area contributed by atoms with Crippen LogP contribution in [0.25, 0.3) is 0 Å². The third-order valence-electron chi connectivity index (χ3n) is 9.43. The van der Waals surface area contributed by atoms with Gasteiger partial charge in [-0.3, -0.25) is 0 Å². The maximum absolute atomic E-state index is 7.73. The van der Waals surface area contributed by atoms with E-state index in [1.54, 1.807) is 0 Å². The van der Waals surface area contributed by atoms with Gasteiger partial charge in [-0.2, -0.15) is 0 Å². The number of hydrogen-bond acceptors (Lipinski definition) is 3. The highest BCUT2D eigenvalue weighted by atomic mass is 127. The maximum Gasteiger partial charge on any atom is 0.200 e. The Hall–Kier alpha value is 0.264. The highest BCUT2D eigenvalue weighted by Gasteiger charge is 2.52. The number of alkyl halides is 1. The molecular formula is C34H65IO3Si2. The Balaban J connectivity index is 3.64. The molecule has 1 aromatic rings. The summed E-state index contributed by atoms with van der Waals surface area (Å²) in [5.74, 6) is 0.803. The van der Waals surface area contributed by atoms with Gasteiger partial charge in [-0.15, -0.1) is 0 Å².